The summed E-state index contributed by atoms with van der Waals surface area (Å²) in [7, 11) is 1.95. The van der Waals surface area contributed by atoms with Gasteiger partial charge in [0.25, 0.3) is 0 Å². The molecule has 0 saturated heterocycles. The first-order valence-electron chi connectivity index (χ1n) is 11.0. The molecule has 1 fully saturated rings. The van der Waals surface area contributed by atoms with Gasteiger partial charge in [0, 0.05) is 44.7 Å². The Morgan fingerprint density at radius 2 is 1.94 bits per heavy atom. The lowest BCUT2D eigenvalue weighted by molar-refractivity contribution is -0.117. The number of anilines is 3. The van der Waals surface area contributed by atoms with Crippen LogP contribution in [0.4, 0.5) is 17.2 Å². The predicted molar refractivity (Wildman–Crippen MR) is 124 cm³/mol. The highest BCUT2D eigenvalue weighted by atomic mass is 16.2. The summed E-state index contributed by atoms with van der Waals surface area (Å²) in [5.74, 6) is 0.901. The Hall–Kier alpha value is -3.68. The molecule has 4 aromatic rings. The number of nitrogens with zero attached hydrogens (tertiary/aromatic N) is 7. The number of amides is 1. The predicted octanol–water partition coefficient (Wildman–Crippen LogP) is 4.06. The van der Waals surface area contributed by atoms with Gasteiger partial charge in [-0.25, -0.2) is 0 Å². The summed E-state index contributed by atoms with van der Waals surface area (Å²) in [4.78, 5) is 21.0. The third-order valence-electron chi connectivity index (χ3n) is 6.50. The van der Waals surface area contributed by atoms with Gasteiger partial charge in [-0.2, -0.15) is 10.2 Å². The maximum atomic E-state index is 12.5. The van der Waals surface area contributed by atoms with Gasteiger partial charge in [-0.1, -0.05) is 6.07 Å². The molecule has 2 aliphatic rings. The lowest BCUT2D eigenvalue weighted by Gasteiger charge is -2.41. The molecule has 8 heteroatoms. The minimum atomic E-state index is 0.0113. The zero-order valence-corrected chi connectivity index (χ0v) is 18.4. The van der Waals surface area contributed by atoms with Gasteiger partial charge in [-0.3, -0.25) is 19.1 Å². The van der Waals surface area contributed by atoms with Crippen LogP contribution in [0.25, 0.3) is 22.0 Å². The Kier molecular flexibility index (Phi) is 4.11. The topological polar surface area (TPSA) is 72.1 Å². The third kappa shape index (κ3) is 2.90. The molecule has 162 valence electrons. The number of carbonyl (C=O) groups is 1. The smallest absolute Gasteiger partial charge is 0.224 e. The second-order valence-corrected chi connectivity index (χ2v) is 8.83. The van der Waals surface area contributed by atoms with E-state index in [1.807, 2.05) is 41.2 Å². The number of hydrogen-bond acceptors (Lipinski definition) is 5. The van der Waals surface area contributed by atoms with Crippen LogP contribution in [0.15, 0.2) is 49.1 Å². The van der Waals surface area contributed by atoms with Gasteiger partial charge in [-0.05, 0) is 43.5 Å². The van der Waals surface area contributed by atoms with Gasteiger partial charge < -0.3 is 9.80 Å². The molecule has 0 unspecified atom stereocenters. The Bertz CT molecular complexity index is 1350. The molecule has 1 saturated carbocycles. The first-order chi connectivity index (χ1) is 15.5. The zero-order valence-electron chi connectivity index (χ0n) is 18.4. The molecule has 1 amide bonds. The highest BCUT2D eigenvalue weighted by Gasteiger charge is 2.33. The van der Waals surface area contributed by atoms with E-state index in [4.69, 9.17) is 5.10 Å². The van der Waals surface area contributed by atoms with Crippen LogP contribution < -0.4 is 9.80 Å². The van der Waals surface area contributed by atoms with Gasteiger partial charge in [0.2, 0.25) is 5.91 Å². The van der Waals surface area contributed by atoms with Crippen LogP contribution >= 0.6 is 0 Å². The average Bonchev–Trinajstić information content (AvgIpc) is 3.42. The molecule has 0 spiro atoms. The fourth-order valence-electron chi connectivity index (χ4n) is 4.80. The number of hydrogen-bond donors (Lipinski definition) is 0. The summed E-state index contributed by atoms with van der Waals surface area (Å²) in [6, 6.07) is 8.81. The van der Waals surface area contributed by atoms with Gasteiger partial charge in [0.1, 0.15) is 0 Å². The Morgan fingerprint density at radius 1 is 1.09 bits per heavy atom. The number of fused-ring (bicyclic) bond motifs is 2. The van der Waals surface area contributed by atoms with Crippen molar-refractivity contribution in [3.8, 4) is 11.1 Å². The number of aromatic nitrogens is 5. The molecular formula is C24H25N7O. The molecule has 8 nitrogen and oxygen atoms in total. The molecule has 1 atom stereocenters. The molecular weight excluding hydrogens is 402 g/mol. The summed E-state index contributed by atoms with van der Waals surface area (Å²) in [6.07, 6.45) is 10.1. The molecule has 0 N–H and O–H groups in total. The molecule has 0 bridgehead atoms. The van der Waals surface area contributed by atoms with Crippen molar-refractivity contribution in [3.05, 3.63) is 49.1 Å². The SMILES string of the molecule is CC(=O)N1c2ccc(-c3cnn(C4CC4)c3)cc2N(c2nn(C)c3ccncc23)C[C@@H]1C. The van der Waals surface area contributed by atoms with Gasteiger partial charge in [0.15, 0.2) is 5.82 Å². The van der Waals surface area contributed by atoms with Crippen molar-refractivity contribution in [1.29, 1.82) is 0 Å². The third-order valence-corrected chi connectivity index (χ3v) is 6.50. The van der Waals surface area contributed by atoms with Crippen LogP contribution in [0.2, 0.25) is 0 Å². The normalized spacial score (nSPS) is 18.3. The molecule has 1 aliphatic heterocycles. The van der Waals surface area contributed by atoms with Gasteiger partial charge >= 0.3 is 0 Å². The molecule has 3 aromatic heterocycles. The summed E-state index contributed by atoms with van der Waals surface area (Å²) in [6.45, 7) is 4.36. The standard InChI is InChI=1S/C24H25N7O/c1-15-13-29(24-20-12-25-9-8-21(20)28(3)27-24)23-10-17(4-7-22(23)31(15)16(2)32)18-11-26-30(14-18)19-5-6-19/h4,7-12,14-15,19H,5-6,13H2,1-3H3/t15-/m0/s1. The van der Waals surface area contributed by atoms with Crippen molar-refractivity contribution in [2.45, 2.75) is 38.8 Å². The van der Waals surface area contributed by atoms with Gasteiger partial charge in [0.05, 0.1) is 40.6 Å². The van der Waals surface area contributed by atoms with Crippen LogP contribution in [0.5, 0.6) is 0 Å². The molecule has 32 heavy (non-hydrogen) atoms. The average molecular weight is 428 g/mol. The first kappa shape index (κ1) is 19.0. The van der Waals surface area contributed by atoms with E-state index in [0.717, 1.165) is 39.2 Å². The van der Waals surface area contributed by atoms with Crippen LogP contribution in [0.3, 0.4) is 0 Å². The number of benzene rings is 1. The van der Waals surface area contributed by atoms with E-state index in [-0.39, 0.29) is 11.9 Å². The van der Waals surface area contributed by atoms with E-state index in [2.05, 4.69) is 44.9 Å². The van der Waals surface area contributed by atoms with E-state index in [9.17, 15) is 4.79 Å². The monoisotopic (exact) mass is 427 g/mol. The fourth-order valence-corrected chi connectivity index (χ4v) is 4.80. The Morgan fingerprint density at radius 3 is 2.72 bits per heavy atom. The van der Waals surface area contributed by atoms with E-state index >= 15 is 0 Å². The van der Waals surface area contributed by atoms with Crippen molar-refractivity contribution in [2.75, 3.05) is 16.3 Å². The largest absolute Gasteiger partial charge is 0.320 e. The summed E-state index contributed by atoms with van der Waals surface area (Å²) >= 11 is 0. The number of pyridine rings is 1. The summed E-state index contributed by atoms with van der Waals surface area (Å²) in [5, 5.41) is 10.4. The van der Waals surface area contributed by atoms with Crippen molar-refractivity contribution in [2.24, 2.45) is 7.05 Å². The maximum absolute atomic E-state index is 12.5. The van der Waals surface area contributed by atoms with Crippen molar-refractivity contribution < 1.29 is 4.79 Å². The fraction of sp³-hybridized carbons (Fsp3) is 0.333. The van der Waals surface area contributed by atoms with Crippen molar-refractivity contribution in [1.82, 2.24) is 24.5 Å². The molecule has 4 heterocycles. The molecule has 0 radical (unpaired) electrons. The minimum absolute atomic E-state index is 0.0113. The highest BCUT2D eigenvalue weighted by molar-refractivity contribution is 6.01. The van der Waals surface area contributed by atoms with Crippen LogP contribution in [0, 0.1) is 0 Å². The lowest BCUT2D eigenvalue weighted by atomic mass is 10.0. The van der Waals surface area contributed by atoms with E-state index in [1.54, 1.807) is 13.1 Å². The molecule has 6 rings (SSSR count). The quantitative estimate of drug-likeness (QED) is 0.493. The lowest BCUT2D eigenvalue weighted by Crippen LogP contribution is -2.48. The summed E-state index contributed by atoms with van der Waals surface area (Å²) < 4.78 is 3.95. The molecule has 1 aromatic carbocycles. The number of aryl methyl sites for hydroxylation is 1. The van der Waals surface area contributed by atoms with Crippen molar-refractivity contribution >= 4 is 34.0 Å². The van der Waals surface area contributed by atoms with Crippen molar-refractivity contribution in [3.63, 3.8) is 0 Å². The summed E-state index contributed by atoms with van der Waals surface area (Å²) in [5.41, 5.74) is 5.06. The van der Waals surface area contributed by atoms with E-state index < -0.39 is 0 Å². The second-order valence-electron chi connectivity index (χ2n) is 8.83. The maximum Gasteiger partial charge on any atom is 0.224 e. The van der Waals surface area contributed by atoms with E-state index in [0.29, 0.717) is 12.6 Å². The zero-order chi connectivity index (χ0) is 22.0. The van der Waals surface area contributed by atoms with Crippen LogP contribution in [-0.2, 0) is 11.8 Å². The van der Waals surface area contributed by atoms with Crippen LogP contribution in [-0.4, -0.2) is 43.0 Å². The Labute approximate surface area is 186 Å². The number of rotatable bonds is 3. The van der Waals surface area contributed by atoms with E-state index in [1.165, 1.54) is 12.8 Å². The Balaban J connectivity index is 1.52. The second kappa shape index (κ2) is 6.91. The van der Waals surface area contributed by atoms with Gasteiger partial charge in [-0.15, -0.1) is 0 Å². The molecule has 1 aliphatic carbocycles. The number of carbonyl (C=O) groups excluding carboxylic acids is 1. The minimum Gasteiger partial charge on any atom is -0.320 e. The highest BCUT2D eigenvalue weighted by Crippen LogP contribution is 2.44. The first-order valence-corrected chi connectivity index (χ1v) is 11.0. The van der Waals surface area contributed by atoms with Crippen LogP contribution in [0.1, 0.15) is 32.7 Å².